The van der Waals surface area contributed by atoms with Gasteiger partial charge in [0.1, 0.15) is 11.8 Å². The molecule has 3 aromatic carbocycles. The third-order valence-corrected chi connectivity index (χ3v) is 7.81. The van der Waals surface area contributed by atoms with Gasteiger partial charge in [-0.3, -0.25) is 14.4 Å². The molecule has 0 aromatic heterocycles. The molecule has 0 saturated carbocycles. The van der Waals surface area contributed by atoms with Crippen molar-refractivity contribution in [2.45, 2.75) is 32.5 Å². The van der Waals surface area contributed by atoms with Gasteiger partial charge in [0.05, 0.1) is 42.1 Å². The summed E-state index contributed by atoms with van der Waals surface area (Å²) in [7, 11) is -2.10. The van der Waals surface area contributed by atoms with Gasteiger partial charge in [-0.2, -0.15) is 5.26 Å². The van der Waals surface area contributed by atoms with E-state index in [1.54, 1.807) is 14.0 Å². The molecule has 4 rings (SSSR count). The van der Waals surface area contributed by atoms with Crippen molar-refractivity contribution in [3.63, 3.8) is 0 Å². The number of aryl methyl sites for hydroxylation is 1. The van der Waals surface area contributed by atoms with E-state index in [0.717, 1.165) is 28.2 Å². The normalized spacial score (nSPS) is 15.8. The quantitative estimate of drug-likeness (QED) is 0.426. The summed E-state index contributed by atoms with van der Waals surface area (Å²) in [5, 5.41) is 17.1. The average Bonchev–Trinajstić information content (AvgIpc) is 3.03. The third-order valence-electron chi connectivity index (χ3n) is 7.04. The van der Waals surface area contributed by atoms with Crippen LogP contribution in [-0.4, -0.2) is 63.8 Å². The molecule has 0 spiro atoms. The Morgan fingerprint density at radius 3 is 2.49 bits per heavy atom. The van der Waals surface area contributed by atoms with Crippen LogP contribution in [0.2, 0.25) is 0 Å². The van der Waals surface area contributed by atoms with Crippen LogP contribution in [0.5, 0.6) is 0 Å². The number of sulfone groups is 1. The predicted molar refractivity (Wildman–Crippen MR) is 161 cm³/mol. The van der Waals surface area contributed by atoms with Crippen LogP contribution >= 0.6 is 12.4 Å². The summed E-state index contributed by atoms with van der Waals surface area (Å²) < 4.78 is 24.1. The summed E-state index contributed by atoms with van der Waals surface area (Å²) in [5.74, 6) is -2.47. The minimum atomic E-state index is -3.70. The van der Waals surface area contributed by atoms with E-state index in [4.69, 9.17) is 0 Å². The highest BCUT2D eigenvalue weighted by atomic mass is 35.5. The van der Waals surface area contributed by atoms with Crippen molar-refractivity contribution in [2.24, 2.45) is 0 Å². The third kappa shape index (κ3) is 6.85. The molecule has 12 heteroatoms. The molecule has 3 amide bonds. The van der Waals surface area contributed by atoms with Gasteiger partial charge in [0.25, 0.3) is 5.91 Å². The van der Waals surface area contributed by atoms with Crippen molar-refractivity contribution in [3.8, 4) is 6.07 Å². The fraction of sp³-hybridized carbons (Fsp3) is 0.310. The first-order valence-electron chi connectivity index (χ1n) is 12.7. The van der Waals surface area contributed by atoms with E-state index in [1.807, 2.05) is 43.3 Å². The summed E-state index contributed by atoms with van der Waals surface area (Å²) in [6, 6.07) is 16.5. The van der Waals surface area contributed by atoms with Crippen LogP contribution in [0.4, 0.5) is 11.4 Å². The smallest absolute Gasteiger partial charge is 0.251 e. The monoisotopic (exact) mass is 597 g/mol. The molecule has 10 nitrogen and oxygen atoms in total. The molecule has 0 saturated heterocycles. The molecule has 2 unspecified atom stereocenters. The Hall–Kier alpha value is -3.98. The zero-order chi connectivity index (χ0) is 29.2. The minimum absolute atomic E-state index is 0. The number of carbonyl (C=O) groups excluding carboxylic acids is 3. The van der Waals surface area contributed by atoms with Crippen LogP contribution in [-0.2, 0) is 30.8 Å². The summed E-state index contributed by atoms with van der Waals surface area (Å²) in [5.41, 5.74) is 2.61. The van der Waals surface area contributed by atoms with Crippen LogP contribution < -0.4 is 20.4 Å². The molecule has 1 heterocycles. The second-order valence-electron chi connectivity index (χ2n) is 9.97. The number of nitriles is 1. The van der Waals surface area contributed by atoms with Gasteiger partial charge < -0.3 is 20.4 Å². The second-order valence-corrected chi connectivity index (χ2v) is 12.1. The van der Waals surface area contributed by atoms with Crippen molar-refractivity contribution in [2.75, 3.05) is 35.4 Å². The van der Waals surface area contributed by atoms with Gasteiger partial charge in [0.15, 0.2) is 9.84 Å². The summed E-state index contributed by atoms with van der Waals surface area (Å²) in [6.45, 7) is 3.38. The van der Waals surface area contributed by atoms with Crippen LogP contribution in [0.1, 0.15) is 23.6 Å². The number of carbonyl (C=O) groups is 3. The van der Waals surface area contributed by atoms with Crippen LogP contribution in [0.15, 0.2) is 54.6 Å². The molecular formula is C29H32ClN5O5S. The Bertz CT molecular complexity index is 1650. The second kappa shape index (κ2) is 12.7. The Kier molecular flexibility index (Phi) is 9.76. The molecule has 0 aliphatic carbocycles. The number of amides is 3. The summed E-state index contributed by atoms with van der Waals surface area (Å²) >= 11 is 0. The van der Waals surface area contributed by atoms with Gasteiger partial charge in [0.2, 0.25) is 11.8 Å². The Morgan fingerprint density at radius 1 is 1.12 bits per heavy atom. The summed E-state index contributed by atoms with van der Waals surface area (Å²) in [4.78, 5) is 43.1. The number of anilines is 2. The summed E-state index contributed by atoms with van der Waals surface area (Å²) in [6.07, 6.45) is 0.955. The van der Waals surface area contributed by atoms with Crippen LogP contribution in [0, 0.1) is 18.3 Å². The SMILES string of the molecule is CNC(C)C(=O)NC1CN(C(=O)CS(C)(=O)=O)c2ccc(C#N)cc2N(Cc2c(C)ccc3ccccc23)C1=O.Cl. The maximum absolute atomic E-state index is 14.2. The Morgan fingerprint density at radius 2 is 1.83 bits per heavy atom. The molecule has 0 fully saturated rings. The molecule has 216 valence electrons. The minimum Gasteiger partial charge on any atom is -0.341 e. The number of likely N-dealkylation sites (N-methyl/N-ethyl adjacent to an activating group) is 1. The Balaban J connectivity index is 0.00000462. The topological polar surface area (TPSA) is 140 Å². The van der Waals surface area contributed by atoms with Crippen molar-refractivity contribution < 1.29 is 22.8 Å². The lowest BCUT2D eigenvalue weighted by molar-refractivity contribution is -0.128. The fourth-order valence-electron chi connectivity index (χ4n) is 4.75. The first-order valence-corrected chi connectivity index (χ1v) is 14.8. The van der Waals surface area contributed by atoms with Crippen molar-refractivity contribution in [1.82, 2.24) is 10.6 Å². The highest BCUT2D eigenvalue weighted by Crippen LogP contribution is 2.36. The van der Waals surface area contributed by atoms with Gasteiger partial charge in [-0.15, -0.1) is 12.4 Å². The highest BCUT2D eigenvalue weighted by molar-refractivity contribution is 7.91. The van der Waals surface area contributed by atoms with E-state index in [1.165, 1.54) is 28.0 Å². The number of benzene rings is 3. The van der Waals surface area contributed by atoms with Gasteiger partial charge in [-0.05, 0) is 61.0 Å². The molecule has 1 aliphatic heterocycles. The lowest BCUT2D eigenvalue weighted by Crippen LogP contribution is -2.56. The van der Waals surface area contributed by atoms with Gasteiger partial charge in [-0.25, -0.2) is 8.42 Å². The standard InChI is InChI=1S/C29H31N5O5S.ClH/c1-18-9-11-21-7-5-6-8-22(21)23(18)15-34-26-13-20(14-30)10-12-25(26)33(27(35)17-40(4,38)39)16-24(29(34)37)32-28(36)19(2)31-3;/h5-13,19,24,31H,15-17H2,1-4H3,(H,32,36);1H. The highest BCUT2D eigenvalue weighted by Gasteiger charge is 2.38. The first-order chi connectivity index (χ1) is 18.9. The van der Waals surface area contributed by atoms with E-state index in [2.05, 4.69) is 16.7 Å². The maximum atomic E-state index is 14.2. The first kappa shape index (κ1) is 31.5. The van der Waals surface area contributed by atoms with Crippen molar-refractivity contribution in [1.29, 1.82) is 5.26 Å². The van der Waals surface area contributed by atoms with Gasteiger partial charge in [0, 0.05) is 6.26 Å². The maximum Gasteiger partial charge on any atom is 0.251 e. The molecule has 2 atom stereocenters. The van der Waals surface area contributed by atoms with E-state index in [9.17, 15) is 28.1 Å². The molecule has 0 radical (unpaired) electrons. The lowest BCUT2D eigenvalue weighted by atomic mass is 9.98. The molecule has 3 aromatic rings. The van der Waals surface area contributed by atoms with Gasteiger partial charge in [-0.1, -0.05) is 36.4 Å². The van der Waals surface area contributed by atoms with E-state index < -0.39 is 45.4 Å². The molecule has 2 N–H and O–H groups in total. The fourth-order valence-corrected chi connectivity index (χ4v) is 5.36. The van der Waals surface area contributed by atoms with E-state index in [-0.39, 0.29) is 42.4 Å². The van der Waals surface area contributed by atoms with Crippen molar-refractivity contribution >= 4 is 62.1 Å². The largest absolute Gasteiger partial charge is 0.341 e. The van der Waals surface area contributed by atoms with Crippen LogP contribution in [0.25, 0.3) is 10.8 Å². The number of nitrogens with one attached hydrogen (secondary N) is 2. The zero-order valence-electron chi connectivity index (χ0n) is 23.2. The van der Waals surface area contributed by atoms with Crippen molar-refractivity contribution in [3.05, 3.63) is 71.3 Å². The number of nitrogens with zero attached hydrogens (tertiary/aromatic N) is 3. The number of halogens is 1. The van der Waals surface area contributed by atoms with Gasteiger partial charge >= 0.3 is 0 Å². The van der Waals surface area contributed by atoms with E-state index >= 15 is 0 Å². The molecular weight excluding hydrogens is 566 g/mol. The molecule has 0 bridgehead atoms. The van der Waals surface area contributed by atoms with E-state index in [0.29, 0.717) is 0 Å². The molecule has 41 heavy (non-hydrogen) atoms. The number of hydrogen-bond donors (Lipinski definition) is 2. The Labute approximate surface area is 245 Å². The lowest BCUT2D eigenvalue weighted by Gasteiger charge is -2.27. The number of rotatable bonds is 7. The zero-order valence-corrected chi connectivity index (χ0v) is 24.8. The predicted octanol–water partition coefficient (Wildman–Crippen LogP) is 2.46. The molecule has 1 aliphatic rings. The average molecular weight is 598 g/mol. The van der Waals surface area contributed by atoms with Crippen LogP contribution in [0.3, 0.4) is 0 Å². The number of hydrogen-bond acceptors (Lipinski definition) is 7. The number of fused-ring (bicyclic) bond motifs is 2.